The van der Waals surface area contributed by atoms with Crippen LogP contribution in [0.2, 0.25) is 0 Å². The predicted octanol–water partition coefficient (Wildman–Crippen LogP) is 4.39. The fraction of sp³-hybridized carbons (Fsp3) is 0.500. The van der Waals surface area contributed by atoms with Crippen molar-refractivity contribution in [2.75, 3.05) is 13.4 Å². The molecule has 6 rings (SSSR count). The summed E-state index contributed by atoms with van der Waals surface area (Å²) in [5.74, 6) is -1.28. The topological polar surface area (TPSA) is 162 Å². The van der Waals surface area contributed by atoms with E-state index in [2.05, 4.69) is 16.7 Å². The zero-order valence-corrected chi connectivity index (χ0v) is 29.9. The van der Waals surface area contributed by atoms with E-state index in [-0.39, 0.29) is 45.1 Å². The van der Waals surface area contributed by atoms with E-state index >= 15 is 0 Å². The molecule has 2 aliphatic carbocycles. The lowest BCUT2D eigenvalue weighted by Gasteiger charge is -2.30. The monoisotopic (exact) mass is 716 g/mol. The average Bonchev–Trinajstić information content (AvgIpc) is 3.74. The van der Waals surface area contributed by atoms with Crippen LogP contribution in [0.3, 0.4) is 0 Å². The van der Waals surface area contributed by atoms with E-state index in [0.717, 1.165) is 24.8 Å². The van der Waals surface area contributed by atoms with Crippen molar-refractivity contribution in [3.63, 3.8) is 0 Å². The SMILES string of the molecule is CC(C)(C)OC(=O)CCC(CO)NC(=O)c1cccc(CNC(=O)C2=CC3OCOC3C(OC(=O)c3ccccc3C=CC3CCC4OC4C3)C2)c1. The Labute approximate surface area is 303 Å². The van der Waals surface area contributed by atoms with Gasteiger partial charge >= 0.3 is 11.9 Å². The first kappa shape index (κ1) is 37.4. The predicted molar refractivity (Wildman–Crippen MR) is 190 cm³/mol. The molecule has 2 aromatic carbocycles. The van der Waals surface area contributed by atoms with E-state index in [9.17, 15) is 24.3 Å². The Morgan fingerprint density at radius 2 is 1.85 bits per heavy atom. The van der Waals surface area contributed by atoms with Crippen LogP contribution >= 0.6 is 0 Å². The number of ether oxygens (including phenoxy) is 5. The third-order valence-electron chi connectivity index (χ3n) is 9.64. The molecule has 2 heterocycles. The second-order valence-corrected chi connectivity index (χ2v) is 14.8. The van der Waals surface area contributed by atoms with Crippen molar-refractivity contribution in [1.82, 2.24) is 10.6 Å². The third-order valence-corrected chi connectivity index (χ3v) is 9.64. The van der Waals surface area contributed by atoms with Gasteiger partial charge in [-0.2, -0.15) is 0 Å². The zero-order chi connectivity index (χ0) is 36.8. The fourth-order valence-corrected chi connectivity index (χ4v) is 6.88. The van der Waals surface area contributed by atoms with E-state index in [1.54, 1.807) is 63.2 Å². The van der Waals surface area contributed by atoms with Gasteiger partial charge in [0.25, 0.3) is 5.91 Å². The van der Waals surface area contributed by atoms with Crippen molar-refractivity contribution in [2.24, 2.45) is 5.92 Å². The number of carbonyl (C=O) groups is 4. The molecule has 3 fully saturated rings. The minimum absolute atomic E-state index is 0.0219. The number of esters is 2. The summed E-state index contributed by atoms with van der Waals surface area (Å²) in [5, 5.41) is 15.4. The molecule has 2 saturated heterocycles. The molecule has 52 heavy (non-hydrogen) atoms. The minimum atomic E-state index is -0.744. The van der Waals surface area contributed by atoms with Crippen LogP contribution in [-0.4, -0.2) is 84.4 Å². The highest BCUT2D eigenvalue weighted by Gasteiger charge is 2.44. The molecule has 2 aromatic rings. The number of fused-ring (bicyclic) bond motifs is 2. The molecule has 3 N–H and O–H groups in total. The molecule has 0 spiro atoms. The maximum Gasteiger partial charge on any atom is 0.339 e. The highest BCUT2D eigenvalue weighted by atomic mass is 16.7. The van der Waals surface area contributed by atoms with Gasteiger partial charge in [-0.3, -0.25) is 14.4 Å². The summed E-state index contributed by atoms with van der Waals surface area (Å²) in [6.45, 7) is 5.13. The largest absolute Gasteiger partial charge is 0.460 e. The van der Waals surface area contributed by atoms with Crippen LogP contribution in [0.5, 0.6) is 0 Å². The lowest BCUT2D eigenvalue weighted by molar-refractivity contribution is -0.155. The zero-order valence-electron chi connectivity index (χ0n) is 29.9. The number of rotatable bonds is 13. The molecule has 0 aromatic heterocycles. The van der Waals surface area contributed by atoms with Gasteiger partial charge in [0.05, 0.1) is 30.4 Å². The summed E-state index contributed by atoms with van der Waals surface area (Å²) in [6.07, 6.45) is 8.33. The Morgan fingerprint density at radius 3 is 2.63 bits per heavy atom. The van der Waals surface area contributed by atoms with Crippen molar-refractivity contribution in [3.8, 4) is 0 Å². The highest BCUT2D eigenvalue weighted by molar-refractivity contribution is 5.96. The smallest absolute Gasteiger partial charge is 0.339 e. The Morgan fingerprint density at radius 1 is 1.02 bits per heavy atom. The summed E-state index contributed by atoms with van der Waals surface area (Å²) in [7, 11) is 0. The summed E-state index contributed by atoms with van der Waals surface area (Å²) in [4.78, 5) is 52.0. The third kappa shape index (κ3) is 9.94. The van der Waals surface area contributed by atoms with E-state index in [4.69, 9.17) is 23.7 Å². The molecule has 1 saturated carbocycles. The Hall–Kier alpha value is -4.36. The second-order valence-electron chi connectivity index (χ2n) is 14.8. The average molecular weight is 717 g/mol. The van der Waals surface area contributed by atoms with E-state index in [1.165, 1.54) is 0 Å². The van der Waals surface area contributed by atoms with Crippen molar-refractivity contribution in [1.29, 1.82) is 0 Å². The number of aliphatic hydroxyl groups is 1. The van der Waals surface area contributed by atoms with Crippen LogP contribution in [0.4, 0.5) is 0 Å². The maximum absolute atomic E-state index is 13.5. The molecule has 2 amide bonds. The molecule has 7 unspecified atom stereocenters. The van der Waals surface area contributed by atoms with Crippen LogP contribution in [0, 0.1) is 5.92 Å². The van der Waals surface area contributed by atoms with E-state index in [0.29, 0.717) is 40.4 Å². The Kier molecular flexibility index (Phi) is 11.9. The molecular weight excluding hydrogens is 668 g/mol. The van der Waals surface area contributed by atoms with Crippen molar-refractivity contribution in [2.45, 2.75) is 108 Å². The molecule has 278 valence electrons. The number of benzene rings is 2. The standard InChI is InChI=1S/C40H48N2O10/c1-40(2,3)52-35(44)16-14-29(22-43)42-38(46)27-9-6-7-25(17-27)21-41-37(45)28-19-33-36(49-23-48-33)34(20-28)51-39(47)30-10-5-4-8-26(30)13-11-24-12-15-31-32(18-24)50-31/h4-11,13,17,19,24,29,31-34,36,43H,12,14-16,18,20-23H2,1-3H3,(H,41,45)(H,42,46). The number of allylic oxidation sites excluding steroid dienone is 1. The van der Waals surface area contributed by atoms with Crippen molar-refractivity contribution < 1.29 is 48.0 Å². The van der Waals surface area contributed by atoms with Gasteiger partial charge in [-0.25, -0.2) is 4.79 Å². The van der Waals surface area contributed by atoms with E-state index in [1.807, 2.05) is 18.2 Å². The van der Waals surface area contributed by atoms with Gasteiger partial charge in [-0.1, -0.05) is 42.5 Å². The quantitative estimate of drug-likeness (QED) is 0.200. The Bertz CT molecular complexity index is 1700. The summed E-state index contributed by atoms with van der Waals surface area (Å²) in [5.41, 5.74) is 1.99. The molecule has 2 aliphatic heterocycles. The lowest BCUT2D eigenvalue weighted by Crippen LogP contribution is -2.43. The first-order valence-electron chi connectivity index (χ1n) is 18.0. The molecule has 7 atom stereocenters. The number of amides is 2. The number of hydrogen-bond donors (Lipinski definition) is 3. The van der Waals surface area contributed by atoms with Gasteiger partial charge in [0.15, 0.2) is 0 Å². The van der Waals surface area contributed by atoms with Gasteiger partial charge in [0.2, 0.25) is 5.91 Å². The lowest BCUT2D eigenvalue weighted by atomic mass is 9.88. The molecule has 0 radical (unpaired) electrons. The number of hydrogen-bond acceptors (Lipinski definition) is 10. The number of epoxide rings is 1. The normalized spacial score (nSPS) is 25.7. The number of aliphatic hydroxyl groups excluding tert-OH is 1. The minimum Gasteiger partial charge on any atom is -0.460 e. The van der Waals surface area contributed by atoms with Crippen LogP contribution in [0.1, 0.15) is 91.1 Å². The number of carbonyl (C=O) groups excluding carboxylic acids is 4. The summed E-state index contributed by atoms with van der Waals surface area (Å²) >= 11 is 0. The van der Waals surface area contributed by atoms with Gasteiger partial charge in [0, 0.05) is 30.5 Å². The first-order chi connectivity index (χ1) is 25.0. The van der Waals surface area contributed by atoms with Gasteiger partial charge in [-0.05, 0) is 87.8 Å². The molecular formula is C40H48N2O10. The van der Waals surface area contributed by atoms with Gasteiger partial charge in [-0.15, -0.1) is 0 Å². The van der Waals surface area contributed by atoms with Crippen LogP contribution in [0.15, 0.2) is 66.3 Å². The van der Waals surface area contributed by atoms with Crippen LogP contribution in [0.25, 0.3) is 6.08 Å². The maximum atomic E-state index is 13.5. The fourth-order valence-electron chi connectivity index (χ4n) is 6.88. The van der Waals surface area contributed by atoms with Crippen LogP contribution < -0.4 is 10.6 Å². The summed E-state index contributed by atoms with van der Waals surface area (Å²) < 4.78 is 28.5. The number of nitrogens with one attached hydrogen (secondary N) is 2. The molecule has 12 nitrogen and oxygen atoms in total. The molecule has 12 heteroatoms. The summed E-state index contributed by atoms with van der Waals surface area (Å²) in [6, 6.07) is 13.4. The van der Waals surface area contributed by atoms with Gasteiger partial charge < -0.3 is 39.4 Å². The highest BCUT2D eigenvalue weighted by Crippen LogP contribution is 2.40. The first-order valence-corrected chi connectivity index (χ1v) is 18.0. The molecule has 4 aliphatic rings. The van der Waals surface area contributed by atoms with E-state index < -0.39 is 47.8 Å². The second kappa shape index (κ2) is 16.5. The van der Waals surface area contributed by atoms with Gasteiger partial charge in [0.1, 0.15) is 30.7 Å². The van der Waals surface area contributed by atoms with Crippen molar-refractivity contribution >= 4 is 29.8 Å². The molecule has 0 bridgehead atoms. The van der Waals surface area contributed by atoms with Crippen molar-refractivity contribution in [3.05, 3.63) is 88.5 Å². The van der Waals surface area contributed by atoms with Crippen LogP contribution in [-0.2, 0) is 39.8 Å². The Balaban J connectivity index is 1.03.